The predicted octanol–water partition coefficient (Wildman–Crippen LogP) is 0.492. The molecular formula is C14H15NO5. The van der Waals surface area contributed by atoms with Crippen molar-refractivity contribution in [1.82, 2.24) is 4.90 Å². The highest BCUT2D eigenvalue weighted by Gasteiger charge is 2.59. The zero-order valence-electron chi connectivity index (χ0n) is 10.7. The number of carbonyl (C=O) groups is 1. The minimum atomic E-state index is -0.783. The minimum Gasteiger partial charge on any atom is -0.438 e. The standard InChI is InChI=1S/C14H15NO5/c16-11-9-7-18-13(19-9)12-10(11)15(14(17)20-12)6-8-4-2-1-3-5-8/h1-5,9-13,16H,6-7H2/t9-,10-,11+,12-,13-/m1/s1. The first-order valence-corrected chi connectivity index (χ1v) is 6.70. The van der Waals surface area contributed by atoms with Crippen LogP contribution in [0.25, 0.3) is 0 Å². The molecule has 2 bridgehead atoms. The molecule has 4 rings (SSSR count). The molecule has 106 valence electrons. The fourth-order valence-corrected chi connectivity index (χ4v) is 3.11. The molecule has 0 saturated carbocycles. The molecule has 3 aliphatic rings. The summed E-state index contributed by atoms with van der Waals surface area (Å²) in [5, 5.41) is 10.4. The summed E-state index contributed by atoms with van der Waals surface area (Å²) in [6, 6.07) is 9.23. The average molecular weight is 277 g/mol. The van der Waals surface area contributed by atoms with Crippen LogP contribution < -0.4 is 0 Å². The van der Waals surface area contributed by atoms with E-state index >= 15 is 0 Å². The van der Waals surface area contributed by atoms with Gasteiger partial charge in [0.15, 0.2) is 12.4 Å². The van der Waals surface area contributed by atoms with Gasteiger partial charge in [-0.25, -0.2) is 4.79 Å². The molecule has 3 fully saturated rings. The molecule has 3 saturated heterocycles. The molecule has 0 spiro atoms. The molecule has 1 aromatic rings. The van der Waals surface area contributed by atoms with Gasteiger partial charge in [0, 0.05) is 6.54 Å². The topological polar surface area (TPSA) is 68.2 Å². The molecule has 1 amide bonds. The number of rotatable bonds is 2. The molecule has 1 N–H and O–H groups in total. The first kappa shape index (κ1) is 12.1. The summed E-state index contributed by atoms with van der Waals surface area (Å²) >= 11 is 0. The highest BCUT2D eigenvalue weighted by molar-refractivity contribution is 5.71. The van der Waals surface area contributed by atoms with E-state index in [0.29, 0.717) is 13.2 Å². The lowest BCUT2D eigenvalue weighted by Gasteiger charge is -2.35. The third-order valence-electron chi connectivity index (χ3n) is 4.10. The fraction of sp³-hybridized carbons (Fsp3) is 0.500. The predicted molar refractivity (Wildman–Crippen MR) is 66.7 cm³/mol. The molecule has 3 aliphatic heterocycles. The van der Waals surface area contributed by atoms with Crippen LogP contribution in [0.4, 0.5) is 4.79 Å². The lowest BCUT2D eigenvalue weighted by Crippen LogP contribution is -2.56. The monoisotopic (exact) mass is 277 g/mol. The van der Waals surface area contributed by atoms with Crippen LogP contribution in [0.3, 0.4) is 0 Å². The van der Waals surface area contributed by atoms with E-state index in [9.17, 15) is 9.90 Å². The van der Waals surface area contributed by atoms with E-state index in [2.05, 4.69) is 0 Å². The molecule has 20 heavy (non-hydrogen) atoms. The highest BCUT2D eigenvalue weighted by atomic mass is 16.8. The third kappa shape index (κ3) is 1.72. The zero-order chi connectivity index (χ0) is 13.7. The normalized spacial score (nSPS) is 38.8. The lowest BCUT2D eigenvalue weighted by molar-refractivity contribution is -0.184. The van der Waals surface area contributed by atoms with Crippen molar-refractivity contribution in [3.8, 4) is 0 Å². The second-order valence-electron chi connectivity index (χ2n) is 5.32. The van der Waals surface area contributed by atoms with Crippen LogP contribution in [0.2, 0.25) is 0 Å². The van der Waals surface area contributed by atoms with Crippen LogP contribution in [0.15, 0.2) is 30.3 Å². The van der Waals surface area contributed by atoms with E-state index in [1.54, 1.807) is 4.90 Å². The second kappa shape index (κ2) is 4.44. The van der Waals surface area contributed by atoms with E-state index in [4.69, 9.17) is 14.2 Å². The largest absolute Gasteiger partial charge is 0.438 e. The number of nitrogens with zero attached hydrogens (tertiary/aromatic N) is 1. The number of amides is 1. The number of carbonyl (C=O) groups excluding carboxylic acids is 1. The molecule has 1 aromatic carbocycles. The Bertz CT molecular complexity index is 522. The molecule has 5 atom stereocenters. The Balaban J connectivity index is 1.61. The Morgan fingerprint density at radius 2 is 2.10 bits per heavy atom. The van der Waals surface area contributed by atoms with Crippen molar-refractivity contribution in [2.75, 3.05) is 6.61 Å². The first-order valence-electron chi connectivity index (χ1n) is 6.70. The Labute approximate surface area is 115 Å². The fourth-order valence-electron chi connectivity index (χ4n) is 3.11. The van der Waals surface area contributed by atoms with Gasteiger partial charge < -0.3 is 19.3 Å². The third-order valence-corrected chi connectivity index (χ3v) is 4.10. The molecule has 0 aromatic heterocycles. The minimum absolute atomic E-state index is 0.343. The van der Waals surface area contributed by atoms with Crippen LogP contribution in [0.5, 0.6) is 0 Å². The van der Waals surface area contributed by atoms with Crippen molar-refractivity contribution in [3.63, 3.8) is 0 Å². The van der Waals surface area contributed by atoms with Gasteiger partial charge in [0.2, 0.25) is 0 Å². The molecular weight excluding hydrogens is 262 g/mol. The second-order valence-corrected chi connectivity index (χ2v) is 5.32. The number of benzene rings is 1. The number of aliphatic hydroxyl groups is 1. The first-order chi connectivity index (χ1) is 9.74. The Hall–Kier alpha value is -1.63. The van der Waals surface area contributed by atoms with Gasteiger partial charge in [-0.15, -0.1) is 0 Å². The highest BCUT2D eigenvalue weighted by Crippen LogP contribution is 2.37. The van der Waals surface area contributed by atoms with E-state index in [1.165, 1.54) is 0 Å². The van der Waals surface area contributed by atoms with Gasteiger partial charge in [0.1, 0.15) is 18.2 Å². The quantitative estimate of drug-likeness (QED) is 0.852. The Kier molecular flexibility index (Phi) is 2.70. The van der Waals surface area contributed by atoms with E-state index in [-0.39, 0.29) is 6.10 Å². The summed E-state index contributed by atoms with van der Waals surface area (Å²) in [6.07, 6.45) is -2.70. The number of fused-ring (bicyclic) bond motifs is 4. The van der Waals surface area contributed by atoms with E-state index < -0.39 is 30.6 Å². The molecule has 6 heteroatoms. The van der Waals surface area contributed by atoms with Gasteiger partial charge >= 0.3 is 6.09 Å². The van der Waals surface area contributed by atoms with Gasteiger partial charge in [0.25, 0.3) is 0 Å². The van der Waals surface area contributed by atoms with Crippen LogP contribution in [0.1, 0.15) is 5.56 Å². The maximum Gasteiger partial charge on any atom is 0.411 e. The summed E-state index contributed by atoms with van der Waals surface area (Å²) in [5.74, 6) is 0. The number of hydrogen-bond acceptors (Lipinski definition) is 5. The molecule has 0 radical (unpaired) electrons. The van der Waals surface area contributed by atoms with Crippen molar-refractivity contribution in [2.24, 2.45) is 0 Å². The summed E-state index contributed by atoms with van der Waals surface area (Å²) in [4.78, 5) is 13.6. The summed E-state index contributed by atoms with van der Waals surface area (Å²) in [5.41, 5.74) is 0.997. The van der Waals surface area contributed by atoms with Crippen molar-refractivity contribution in [1.29, 1.82) is 0 Å². The van der Waals surface area contributed by atoms with Crippen LogP contribution in [0, 0.1) is 0 Å². The van der Waals surface area contributed by atoms with E-state index in [1.807, 2.05) is 30.3 Å². The lowest BCUT2D eigenvalue weighted by atomic mass is 9.97. The van der Waals surface area contributed by atoms with Gasteiger partial charge in [-0.2, -0.15) is 0 Å². The number of hydrogen-bond donors (Lipinski definition) is 1. The van der Waals surface area contributed by atoms with Gasteiger partial charge in [0.05, 0.1) is 6.61 Å². The number of aliphatic hydroxyl groups excluding tert-OH is 1. The van der Waals surface area contributed by atoms with Gasteiger partial charge in [-0.05, 0) is 5.56 Å². The number of ether oxygens (including phenoxy) is 3. The van der Waals surface area contributed by atoms with Crippen molar-refractivity contribution >= 4 is 6.09 Å². The molecule has 0 unspecified atom stereocenters. The van der Waals surface area contributed by atoms with Crippen LogP contribution >= 0.6 is 0 Å². The molecule has 3 heterocycles. The van der Waals surface area contributed by atoms with Crippen molar-refractivity contribution in [2.45, 2.75) is 37.2 Å². The average Bonchev–Trinajstić information content (AvgIpc) is 3.03. The van der Waals surface area contributed by atoms with E-state index in [0.717, 1.165) is 5.56 Å². The molecule has 0 aliphatic carbocycles. The summed E-state index contributed by atoms with van der Waals surface area (Å²) in [7, 11) is 0. The Morgan fingerprint density at radius 1 is 1.30 bits per heavy atom. The SMILES string of the molecule is O=C1O[C@H]2[C@@H]3OC[C@@H](O3)[C@H](O)[C@H]2N1Cc1ccccc1. The smallest absolute Gasteiger partial charge is 0.411 e. The van der Waals surface area contributed by atoms with Crippen molar-refractivity contribution < 1.29 is 24.1 Å². The van der Waals surface area contributed by atoms with Crippen LogP contribution in [-0.4, -0.2) is 53.4 Å². The summed E-state index contributed by atoms with van der Waals surface area (Å²) in [6.45, 7) is 0.757. The summed E-state index contributed by atoms with van der Waals surface area (Å²) < 4.78 is 16.2. The van der Waals surface area contributed by atoms with Crippen LogP contribution in [-0.2, 0) is 20.8 Å². The maximum absolute atomic E-state index is 12.0. The zero-order valence-corrected chi connectivity index (χ0v) is 10.7. The van der Waals surface area contributed by atoms with Gasteiger partial charge in [-0.1, -0.05) is 30.3 Å². The maximum atomic E-state index is 12.0. The van der Waals surface area contributed by atoms with Gasteiger partial charge in [-0.3, -0.25) is 4.90 Å². The Morgan fingerprint density at radius 3 is 2.90 bits per heavy atom. The van der Waals surface area contributed by atoms with Crippen molar-refractivity contribution in [3.05, 3.63) is 35.9 Å². The molecule has 6 nitrogen and oxygen atoms in total.